The number of amides is 2. The lowest BCUT2D eigenvalue weighted by atomic mass is 9.99. The third-order valence-electron chi connectivity index (χ3n) is 4.93. The lowest BCUT2D eigenvalue weighted by Crippen LogP contribution is -2.44. The van der Waals surface area contributed by atoms with Crippen LogP contribution in [0, 0.1) is 0 Å². The normalized spacial score (nSPS) is 17.2. The maximum absolute atomic E-state index is 12.8. The third kappa shape index (κ3) is 3.78. The molecule has 1 fully saturated rings. The molecule has 0 bridgehead atoms. The van der Waals surface area contributed by atoms with Crippen molar-refractivity contribution in [2.24, 2.45) is 0 Å². The van der Waals surface area contributed by atoms with E-state index >= 15 is 0 Å². The van der Waals surface area contributed by atoms with Gasteiger partial charge in [-0.1, -0.05) is 18.2 Å². The van der Waals surface area contributed by atoms with E-state index in [4.69, 9.17) is 4.42 Å². The van der Waals surface area contributed by atoms with Gasteiger partial charge in [-0.15, -0.1) is 0 Å². The highest BCUT2D eigenvalue weighted by molar-refractivity contribution is 9.10. The van der Waals surface area contributed by atoms with Crippen molar-refractivity contribution in [3.63, 3.8) is 0 Å². The number of nitrogens with zero attached hydrogens (tertiary/aromatic N) is 1. The maximum Gasteiger partial charge on any atom is 0.287 e. The van der Waals surface area contributed by atoms with Gasteiger partial charge in [-0.05, 0) is 64.8 Å². The van der Waals surface area contributed by atoms with Gasteiger partial charge < -0.3 is 19.6 Å². The van der Waals surface area contributed by atoms with E-state index < -0.39 is 5.91 Å². The molecule has 3 heterocycles. The van der Waals surface area contributed by atoms with Crippen molar-refractivity contribution in [1.29, 1.82) is 0 Å². The Hall–Kier alpha value is -2.54. The van der Waals surface area contributed by atoms with E-state index in [2.05, 4.69) is 38.4 Å². The minimum atomic E-state index is -0.395. The molecule has 2 N–H and O–H groups in total. The number of aromatic nitrogens is 1. The molecule has 2 amide bonds. The van der Waals surface area contributed by atoms with Crippen LogP contribution in [0.1, 0.15) is 41.6 Å². The number of halogens is 1. The number of H-pyrrole nitrogens is 1. The van der Waals surface area contributed by atoms with E-state index in [0.29, 0.717) is 11.2 Å². The van der Waals surface area contributed by atoms with Crippen molar-refractivity contribution in [1.82, 2.24) is 15.2 Å². The first-order valence-corrected chi connectivity index (χ1v) is 9.82. The molecule has 0 spiro atoms. The molecular formula is C20H20BrN3O3. The molecule has 4 rings (SSSR count). The Kier molecular flexibility index (Phi) is 5.03. The number of aromatic amines is 1. The van der Waals surface area contributed by atoms with E-state index in [-0.39, 0.29) is 24.3 Å². The van der Waals surface area contributed by atoms with E-state index in [9.17, 15) is 9.59 Å². The summed E-state index contributed by atoms with van der Waals surface area (Å²) in [5.74, 6) is -0.300. The number of hydrogen-bond donors (Lipinski definition) is 2. The molecule has 0 aliphatic carbocycles. The van der Waals surface area contributed by atoms with Crippen molar-refractivity contribution in [2.75, 3.05) is 13.1 Å². The number of fused-ring (bicyclic) bond motifs is 1. The minimum absolute atomic E-state index is 0.00769. The minimum Gasteiger partial charge on any atom is -0.444 e. The first-order valence-electron chi connectivity index (χ1n) is 9.02. The smallest absolute Gasteiger partial charge is 0.287 e. The molecule has 1 aliphatic heterocycles. The molecule has 27 heavy (non-hydrogen) atoms. The average Bonchev–Trinajstić information content (AvgIpc) is 3.32. The second-order valence-electron chi connectivity index (χ2n) is 6.70. The summed E-state index contributed by atoms with van der Waals surface area (Å²) in [6.07, 6.45) is 2.97. The average molecular weight is 430 g/mol. The molecule has 1 saturated heterocycles. The molecule has 0 saturated carbocycles. The van der Waals surface area contributed by atoms with Gasteiger partial charge in [0.15, 0.2) is 10.4 Å². The number of rotatable bonds is 4. The van der Waals surface area contributed by atoms with Crippen LogP contribution in [-0.4, -0.2) is 34.8 Å². The highest BCUT2D eigenvalue weighted by Gasteiger charge is 2.29. The van der Waals surface area contributed by atoms with Gasteiger partial charge in [0.05, 0.1) is 12.6 Å². The second kappa shape index (κ2) is 7.60. The quantitative estimate of drug-likeness (QED) is 0.657. The lowest BCUT2D eigenvalue weighted by molar-refractivity contribution is -0.134. The predicted octanol–water partition coefficient (Wildman–Crippen LogP) is 4.01. The number of para-hydroxylation sites is 1. The van der Waals surface area contributed by atoms with Crippen LogP contribution in [0.3, 0.4) is 0 Å². The van der Waals surface area contributed by atoms with Gasteiger partial charge in [0.1, 0.15) is 0 Å². The summed E-state index contributed by atoms with van der Waals surface area (Å²) in [4.78, 5) is 30.2. The Labute approximate surface area is 165 Å². The van der Waals surface area contributed by atoms with Gasteiger partial charge >= 0.3 is 0 Å². The summed E-state index contributed by atoms with van der Waals surface area (Å²) in [7, 11) is 0. The molecule has 1 aromatic carbocycles. The van der Waals surface area contributed by atoms with Crippen molar-refractivity contribution in [3.8, 4) is 0 Å². The molecule has 6 nitrogen and oxygen atoms in total. The first kappa shape index (κ1) is 17.9. The van der Waals surface area contributed by atoms with Crippen molar-refractivity contribution < 1.29 is 14.0 Å². The van der Waals surface area contributed by atoms with Crippen LogP contribution in [0.5, 0.6) is 0 Å². The number of benzene rings is 1. The number of piperidine rings is 1. The highest BCUT2D eigenvalue weighted by atomic mass is 79.9. The van der Waals surface area contributed by atoms with Crippen LogP contribution < -0.4 is 5.32 Å². The Morgan fingerprint density at radius 3 is 2.85 bits per heavy atom. The number of nitrogens with one attached hydrogen (secondary N) is 2. The summed E-state index contributed by atoms with van der Waals surface area (Å²) in [6.45, 7) is 0.648. The van der Waals surface area contributed by atoms with Gasteiger partial charge in [0.2, 0.25) is 5.91 Å². The Morgan fingerprint density at radius 2 is 2.07 bits per heavy atom. The number of carbonyl (C=O) groups excluding carboxylic acids is 2. The first-order chi connectivity index (χ1) is 13.1. The van der Waals surface area contributed by atoms with Crippen LogP contribution >= 0.6 is 15.9 Å². The molecule has 1 atom stereocenters. The third-order valence-corrected chi connectivity index (χ3v) is 5.36. The number of likely N-dealkylation sites (tertiary alicyclic amines) is 1. The van der Waals surface area contributed by atoms with Crippen LogP contribution in [-0.2, 0) is 4.79 Å². The standard InChI is InChI=1S/C20H20BrN3O3/c21-18-9-8-17(27-18)20(26)22-12-19(25)24-10-4-3-7-16(24)15-11-13-5-1-2-6-14(13)23-15/h1-2,5-6,8-9,11,16,23H,3-4,7,10,12H2,(H,22,26)/t16-/m1/s1. The van der Waals surface area contributed by atoms with E-state index in [0.717, 1.165) is 35.9 Å². The zero-order chi connectivity index (χ0) is 18.8. The summed E-state index contributed by atoms with van der Waals surface area (Å²) in [5, 5.41) is 3.79. The predicted molar refractivity (Wildman–Crippen MR) is 105 cm³/mol. The molecule has 3 aromatic rings. The van der Waals surface area contributed by atoms with Crippen molar-refractivity contribution in [3.05, 3.63) is 58.6 Å². The highest BCUT2D eigenvalue weighted by Crippen LogP contribution is 2.32. The van der Waals surface area contributed by atoms with Crippen LogP contribution in [0.2, 0.25) is 0 Å². The van der Waals surface area contributed by atoms with Crippen molar-refractivity contribution in [2.45, 2.75) is 25.3 Å². The van der Waals surface area contributed by atoms with E-state index in [1.54, 1.807) is 12.1 Å². The van der Waals surface area contributed by atoms with Gasteiger partial charge in [0.25, 0.3) is 5.91 Å². The molecule has 2 aromatic heterocycles. The number of hydrogen-bond acceptors (Lipinski definition) is 3. The summed E-state index contributed by atoms with van der Waals surface area (Å²) >= 11 is 3.17. The van der Waals surface area contributed by atoms with Gasteiger partial charge in [0, 0.05) is 17.8 Å². The topological polar surface area (TPSA) is 78.3 Å². The Balaban J connectivity index is 1.46. The molecule has 0 radical (unpaired) electrons. The van der Waals surface area contributed by atoms with Gasteiger partial charge in [-0.3, -0.25) is 9.59 Å². The molecular weight excluding hydrogens is 410 g/mol. The molecule has 1 aliphatic rings. The molecule has 7 heteroatoms. The summed E-state index contributed by atoms with van der Waals surface area (Å²) < 4.78 is 5.70. The Bertz CT molecular complexity index is 945. The largest absolute Gasteiger partial charge is 0.444 e. The SMILES string of the molecule is O=C(NCC(=O)N1CCCC[C@@H]1c1cc2ccccc2[nH]1)c1ccc(Br)o1. The van der Waals surface area contributed by atoms with Gasteiger partial charge in [-0.25, -0.2) is 0 Å². The fourth-order valence-electron chi connectivity index (χ4n) is 3.61. The van der Waals surface area contributed by atoms with Crippen molar-refractivity contribution >= 4 is 38.6 Å². The fraction of sp³-hybridized carbons (Fsp3) is 0.300. The molecule has 0 unspecified atom stereocenters. The lowest BCUT2D eigenvalue weighted by Gasteiger charge is -2.35. The Morgan fingerprint density at radius 1 is 1.22 bits per heavy atom. The van der Waals surface area contributed by atoms with E-state index in [1.807, 2.05) is 23.1 Å². The second-order valence-corrected chi connectivity index (χ2v) is 7.48. The fourth-order valence-corrected chi connectivity index (χ4v) is 3.92. The summed E-state index contributed by atoms with van der Waals surface area (Å²) in [5.41, 5.74) is 2.12. The number of furan rings is 1. The zero-order valence-corrected chi connectivity index (χ0v) is 16.3. The zero-order valence-electron chi connectivity index (χ0n) is 14.7. The molecule has 140 valence electrons. The maximum atomic E-state index is 12.8. The van der Waals surface area contributed by atoms with Gasteiger partial charge in [-0.2, -0.15) is 0 Å². The van der Waals surface area contributed by atoms with Crippen LogP contribution in [0.4, 0.5) is 0 Å². The monoisotopic (exact) mass is 429 g/mol. The number of carbonyl (C=O) groups is 2. The van der Waals surface area contributed by atoms with E-state index in [1.165, 1.54) is 0 Å². The van der Waals surface area contributed by atoms with Crippen LogP contribution in [0.25, 0.3) is 10.9 Å². The van der Waals surface area contributed by atoms with Crippen LogP contribution in [0.15, 0.2) is 51.6 Å². The summed E-state index contributed by atoms with van der Waals surface area (Å²) in [6, 6.07) is 13.4.